The summed E-state index contributed by atoms with van der Waals surface area (Å²) in [6.07, 6.45) is 0. The Labute approximate surface area is 119 Å². The van der Waals surface area contributed by atoms with Crippen molar-refractivity contribution in [2.24, 2.45) is 0 Å². The van der Waals surface area contributed by atoms with Crippen LogP contribution in [0.15, 0.2) is 0 Å². The molecule has 2 fully saturated rings. The largest absolute Gasteiger partial charge is 0.378 e. The molecule has 0 aromatic rings. The molecule has 2 aliphatic rings. The average Bonchev–Trinajstić information content (AvgIpc) is 2.48. The van der Waals surface area contributed by atoms with Crippen molar-refractivity contribution in [3.05, 3.63) is 0 Å². The number of hydrogen-bond donors (Lipinski definition) is 1. The van der Waals surface area contributed by atoms with Gasteiger partial charge in [0.05, 0.1) is 19.8 Å². The number of ether oxygens (including phenoxy) is 1. The Hall–Kier alpha value is -0.920. The summed E-state index contributed by atoms with van der Waals surface area (Å²) in [5.74, 6) is 0.216. The van der Waals surface area contributed by atoms with E-state index in [1.54, 1.807) is 0 Å². The Balaban J connectivity index is 1.72. The number of amides is 1. The van der Waals surface area contributed by atoms with Crippen LogP contribution >= 0.6 is 12.2 Å². The third kappa shape index (κ3) is 4.02. The Kier molecular flexibility index (Phi) is 5.35. The summed E-state index contributed by atoms with van der Waals surface area (Å²) in [4.78, 5) is 18.4. The van der Waals surface area contributed by atoms with E-state index in [1.165, 1.54) is 0 Å². The molecule has 108 valence electrons. The summed E-state index contributed by atoms with van der Waals surface area (Å²) in [6.45, 7) is 6.83. The van der Waals surface area contributed by atoms with Crippen LogP contribution in [0.5, 0.6) is 0 Å². The van der Waals surface area contributed by atoms with E-state index in [9.17, 15) is 4.79 Å². The maximum Gasteiger partial charge on any atom is 0.236 e. The first-order chi connectivity index (χ1) is 9.20. The lowest BCUT2D eigenvalue weighted by atomic mass is 10.3. The third-order valence-electron chi connectivity index (χ3n) is 3.60. The van der Waals surface area contributed by atoms with E-state index >= 15 is 0 Å². The SMILES string of the molecule is CNC(=S)N1CCN(CC(=O)N2CCOCC2)CC1. The van der Waals surface area contributed by atoms with Crippen LogP contribution in [0.3, 0.4) is 0 Å². The lowest BCUT2D eigenvalue weighted by Gasteiger charge is -2.36. The number of thiocarbonyl (C=S) groups is 1. The summed E-state index contributed by atoms with van der Waals surface area (Å²) in [7, 11) is 1.84. The molecule has 2 heterocycles. The molecule has 6 nitrogen and oxygen atoms in total. The number of nitrogens with zero attached hydrogens (tertiary/aromatic N) is 3. The lowest BCUT2D eigenvalue weighted by molar-refractivity contribution is -0.136. The van der Waals surface area contributed by atoms with Crippen LogP contribution in [-0.2, 0) is 9.53 Å². The second kappa shape index (κ2) is 7.02. The van der Waals surface area contributed by atoms with Crippen molar-refractivity contribution >= 4 is 23.2 Å². The number of nitrogens with one attached hydrogen (secondary N) is 1. The molecule has 0 spiro atoms. The van der Waals surface area contributed by atoms with E-state index < -0.39 is 0 Å². The minimum absolute atomic E-state index is 0.216. The molecule has 1 amide bonds. The van der Waals surface area contributed by atoms with Crippen LogP contribution < -0.4 is 5.32 Å². The zero-order chi connectivity index (χ0) is 13.7. The van der Waals surface area contributed by atoms with E-state index in [2.05, 4.69) is 15.1 Å². The fraction of sp³-hybridized carbons (Fsp3) is 0.833. The zero-order valence-electron chi connectivity index (χ0n) is 11.4. The number of carbonyl (C=O) groups excluding carboxylic acids is 1. The minimum Gasteiger partial charge on any atom is -0.378 e. The number of morpholine rings is 1. The van der Waals surface area contributed by atoms with Gasteiger partial charge in [0.2, 0.25) is 5.91 Å². The van der Waals surface area contributed by atoms with Crippen molar-refractivity contribution in [3.8, 4) is 0 Å². The fourth-order valence-corrected chi connectivity index (χ4v) is 2.55. The van der Waals surface area contributed by atoms with Gasteiger partial charge >= 0.3 is 0 Å². The number of hydrogen-bond acceptors (Lipinski definition) is 4. The topological polar surface area (TPSA) is 48.0 Å². The highest BCUT2D eigenvalue weighted by Crippen LogP contribution is 2.04. The van der Waals surface area contributed by atoms with Crippen LogP contribution in [0.4, 0.5) is 0 Å². The van der Waals surface area contributed by atoms with Gasteiger partial charge in [-0.25, -0.2) is 0 Å². The zero-order valence-corrected chi connectivity index (χ0v) is 12.2. The number of piperazine rings is 1. The van der Waals surface area contributed by atoms with Crippen molar-refractivity contribution in [2.75, 3.05) is 66.1 Å². The number of carbonyl (C=O) groups is 1. The monoisotopic (exact) mass is 286 g/mol. The summed E-state index contributed by atoms with van der Waals surface area (Å²) in [5, 5.41) is 3.78. The van der Waals surface area contributed by atoms with Gasteiger partial charge in [0.15, 0.2) is 5.11 Å². The molecule has 7 heteroatoms. The second-order valence-electron chi connectivity index (χ2n) is 4.81. The van der Waals surface area contributed by atoms with Crippen molar-refractivity contribution < 1.29 is 9.53 Å². The second-order valence-corrected chi connectivity index (χ2v) is 5.20. The van der Waals surface area contributed by atoms with Crippen LogP contribution in [0.25, 0.3) is 0 Å². The summed E-state index contributed by atoms with van der Waals surface area (Å²) in [6, 6.07) is 0. The first-order valence-electron chi connectivity index (χ1n) is 6.75. The van der Waals surface area contributed by atoms with E-state index in [4.69, 9.17) is 17.0 Å². The molecule has 19 heavy (non-hydrogen) atoms. The van der Waals surface area contributed by atoms with Crippen molar-refractivity contribution in [1.29, 1.82) is 0 Å². The van der Waals surface area contributed by atoms with Gasteiger partial charge in [0.1, 0.15) is 0 Å². The van der Waals surface area contributed by atoms with Crippen LogP contribution in [0.2, 0.25) is 0 Å². The van der Waals surface area contributed by atoms with Crippen LogP contribution in [0, 0.1) is 0 Å². The van der Waals surface area contributed by atoms with Gasteiger partial charge in [-0.3, -0.25) is 9.69 Å². The van der Waals surface area contributed by atoms with Crippen LogP contribution in [-0.4, -0.2) is 91.8 Å². The molecule has 0 unspecified atom stereocenters. The first kappa shape index (κ1) is 14.5. The van der Waals surface area contributed by atoms with Crippen molar-refractivity contribution in [1.82, 2.24) is 20.0 Å². The van der Waals surface area contributed by atoms with Gasteiger partial charge in [-0.2, -0.15) is 0 Å². The van der Waals surface area contributed by atoms with Gasteiger partial charge in [0, 0.05) is 46.3 Å². The third-order valence-corrected chi connectivity index (χ3v) is 4.06. The molecule has 2 aliphatic heterocycles. The Morgan fingerprint density at radius 2 is 1.74 bits per heavy atom. The quantitative estimate of drug-likeness (QED) is 0.655. The van der Waals surface area contributed by atoms with Crippen molar-refractivity contribution in [2.45, 2.75) is 0 Å². The molecular weight excluding hydrogens is 264 g/mol. The number of rotatable bonds is 2. The van der Waals surface area contributed by atoms with Gasteiger partial charge in [0.25, 0.3) is 0 Å². The van der Waals surface area contributed by atoms with E-state index in [-0.39, 0.29) is 5.91 Å². The molecular formula is C12H22N4O2S. The molecule has 0 aromatic heterocycles. The van der Waals surface area contributed by atoms with Crippen molar-refractivity contribution in [3.63, 3.8) is 0 Å². The van der Waals surface area contributed by atoms with E-state index in [1.807, 2.05) is 11.9 Å². The van der Waals surface area contributed by atoms with Crippen LogP contribution in [0.1, 0.15) is 0 Å². The molecule has 0 atom stereocenters. The molecule has 0 bridgehead atoms. The molecule has 1 N–H and O–H groups in total. The van der Waals surface area contributed by atoms with E-state index in [0.29, 0.717) is 19.8 Å². The standard InChI is InChI=1S/C12H22N4O2S/c1-13-12(19)16-4-2-14(3-5-16)10-11(17)15-6-8-18-9-7-15/h2-10H2,1H3,(H,13,19). The molecule has 0 aliphatic carbocycles. The highest BCUT2D eigenvalue weighted by atomic mass is 32.1. The molecule has 2 saturated heterocycles. The Morgan fingerprint density at radius 3 is 2.32 bits per heavy atom. The fourth-order valence-electron chi connectivity index (χ4n) is 2.37. The Morgan fingerprint density at radius 1 is 1.11 bits per heavy atom. The van der Waals surface area contributed by atoms with Gasteiger partial charge in [-0.1, -0.05) is 0 Å². The molecule has 0 saturated carbocycles. The lowest BCUT2D eigenvalue weighted by Crippen LogP contribution is -2.54. The minimum atomic E-state index is 0.216. The van der Waals surface area contributed by atoms with E-state index in [0.717, 1.165) is 44.4 Å². The molecule has 0 aromatic carbocycles. The predicted molar refractivity (Wildman–Crippen MR) is 77.1 cm³/mol. The summed E-state index contributed by atoms with van der Waals surface area (Å²) >= 11 is 5.21. The highest BCUT2D eigenvalue weighted by Gasteiger charge is 2.23. The normalized spacial score (nSPS) is 21.3. The average molecular weight is 286 g/mol. The summed E-state index contributed by atoms with van der Waals surface area (Å²) in [5.41, 5.74) is 0. The van der Waals surface area contributed by atoms with Gasteiger partial charge in [-0.15, -0.1) is 0 Å². The summed E-state index contributed by atoms with van der Waals surface area (Å²) < 4.78 is 5.26. The Bertz CT molecular complexity index is 326. The molecule has 0 radical (unpaired) electrons. The maximum atomic E-state index is 12.1. The highest BCUT2D eigenvalue weighted by molar-refractivity contribution is 7.80. The maximum absolute atomic E-state index is 12.1. The predicted octanol–water partition coefficient (Wildman–Crippen LogP) is -1.03. The van der Waals surface area contributed by atoms with Gasteiger partial charge in [-0.05, 0) is 12.2 Å². The van der Waals surface area contributed by atoms with Gasteiger partial charge < -0.3 is 19.9 Å². The smallest absolute Gasteiger partial charge is 0.236 e. The molecule has 2 rings (SSSR count). The first-order valence-corrected chi connectivity index (χ1v) is 7.16.